The summed E-state index contributed by atoms with van der Waals surface area (Å²) >= 11 is 1.61. The molecule has 2 aromatic heterocycles. The Morgan fingerprint density at radius 3 is 2.62 bits per heavy atom. The number of carbonyl (C=O) groups excluding carboxylic acids is 1. The van der Waals surface area contributed by atoms with Crippen LogP contribution in [0.1, 0.15) is 23.3 Å². The number of amides is 1. The summed E-state index contributed by atoms with van der Waals surface area (Å²) in [5.74, 6) is 0.0797. The number of anilines is 1. The molecule has 0 saturated carbocycles. The van der Waals surface area contributed by atoms with Crippen LogP contribution in [0.3, 0.4) is 0 Å². The van der Waals surface area contributed by atoms with E-state index in [-0.39, 0.29) is 17.5 Å². The van der Waals surface area contributed by atoms with Crippen LogP contribution in [-0.2, 0) is 17.8 Å². The molecule has 6 nitrogen and oxygen atoms in total. The summed E-state index contributed by atoms with van der Waals surface area (Å²) in [4.78, 5) is 27.9. The quantitative estimate of drug-likeness (QED) is 0.681. The highest BCUT2D eigenvalue weighted by molar-refractivity contribution is 7.10. The van der Waals surface area contributed by atoms with Crippen molar-refractivity contribution in [2.75, 3.05) is 18.0 Å². The number of carbonyl (C=O) groups is 1. The van der Waals surface area contributed by atoms with Crippen molar-refractivity contribution in [3.05, 3.63) is 80.9 Å². The van der Waals surface area contributed by atoms with E-state index in [1.54, 1.807) is 23.6 Å². The number of thiophene rings is 1. The van der Waals surface area contributed by atoms with Crippen molar-refractivity contribution in [3.8, 4) is 0 Å². The third-order valence-electron chi connectivity index (χ3n) is 5.17. The van der Waals surface area contributed by atoms with E-state index in [9.17, 15) is 9.59 Å². The maximum atomic E-state index is 12.5. The van der Waals surface area contributed by atoms with Gasteiger partial charge in [0.2, 0.25) is 5.91 Å². The zero-order chi connectivity index (χ0) is 20.1. The SMILES string of the molecule is O=C(Cc1cccs1)NC1CCN(c2cnn(Cc3ccccc3)c(=O)c2)CC1. The second-order valence-corrected chi connectivity index (χ2v) is 8.31. The monoisotopic (exact) mass is 408 g/mol. The predicted molar refractivity (Wildman–Crippen MR) is 115 cm³/mol. The maximum absolute atomic E-state index is 12.5. The van der Waals surface area contributed by atoms with Crippen molar-refractivity contribution < 1.29 is 4.79 Å². The molecule has 150 valence electrons. The fourth-order valence-corrected chi connectivity index (χ4v) is 4.31. The maximum Gasteiger partial charge on any atom is 0.269 e. The van der Waals surface area contributed by atoms with Crippen molar-refractivity contribution in [2.45, 2.75) is 31.8 Å². The van der Waals surface area contributed by atoms with Crippen LogP contribution in [0.4, 0.5) is 5.69 Å². The lowest BCUT2D eigenvalue weighted by molar-refractivity contribution is -0.121. The Bertz CT molecular complexity index is 993. The van der Waals surface area contributed by atoms with Gasteiger partial charge in [0.05, 0.1) is 24.8 Å². The van der Waals surface area contributed by atoms with Gasteiger partial charge >= 0.3 is 0 Å². The first-order valence-electron chi connectivity index (χ1n) is 9.85. The number of hydrogen-bond acceptors (Lipinski definition) is 5. The smallest absolute Gasteiger partial charge is 0.269 e. The molecule has 0 atom stereocenters. The molecule has 0 unspecified atom stereocenters. The largest absolute Gasteiger partial charge is 0.370 e. The third-order valence-corrected chi connectivity index (χ3v) is 6.05. The van der Waals surface area contributed by atoms with E-state index in [2.05, 4.69) is 15.3 Å². The minimum atomic E-state index is -0.0993. The Morgan fingerprint density at radius 2 is 1.93 bits per heavy atom. The fraction of sp³-hybridized carbons (Fsp3) is 0.318. The van der Waals surface area contributed by atoms with Crippen LogP contribution in [-0.4, -0.2) is 34.8 Å². The van der Waals surface area contributed by atoms with Gasteiger partial charge in [-0.15, -0.1) is 11.3 Å². The molecule has 0 radical (unpaired) electrons. The summed E-state index contributed by atoms with van der Waals surface area (Å²) in [6.07, 6.45) is 3.94. The number of aromatic nitrogens is 2. The minimum Gasteiger partial charge on any atom is -0.370 e. The lowest BCUT2D eigenvalue weighted by atomic mass is 10.0. The van der Waals surface area contributed by atoms with Crippen LogP contribution in [0.25, 0.3) is 0 Å². The summed E-state index contributed by atoms with van der Waals surface area (Å²) in [6, 6.07) is 15.6. The Labute approximate surface area is 173 Å². The Morgan fingerprint density at radius 1 is 1.14 bits per heavy atom. The molecular formula is C22H24N4O2S. The van der Waals surface area contributed by atoms with Crippen molar-refractivity contribution in [3.63, 3.8) is 0 Å². The summed E-state index contributed by atoms with van der Waals surface area (Å²) in [7, 11) is 0. The molecule has 0 spiro atoms. The van der Waals surface area contributed by atoms with Gasteiger partial charge in [0.1, 0.15) is 0 Å². The second-order valence-electron chi connectivity index (χ2n) is 7.28. The molecular weight excluding hydrogens is 384 g/mol. The first-order valence-corrected chi connectivity index (χ1v) is 10.7. The standard InChI is InChI=1S/C22H24N4O2S/c27-21(14-20-7-4-12-29-20)24-18-8-10-25(11-9-18)19-13-22(28)26(23-15-19)16-17-5-2-1-3-6-17/h1-7,12-13,15,18H,8-11,14,16H2,(H,24,27). The van der Waals surface area contributed by atoms with E-state index in [1.807, 2.05) is 47.8 Å². The van der Waals surface area contributed by atoms with Crippen LogP contribution in [0, 0.1) is 0 Å². The van der Waals surface area contributed by atoms with Crippen LogP contribution >= 0.6 is 11.3 Å². The first-order chi connectivity index (χ1) is 14.2. The molecule has 1 aromatic carbocycles. The number of hydrogen-bond donors (Lipinski definition) is 1. The molecule has 3 aromatic rings. The topological polar surface area (TPSA) is 67.2 Å². The molecule has 4 rings (SSSR count). The minimum absolute atomic E-state index is 0.0797. The zero-order valence-electron chi connectivity index (χ0n) is 16.2. The molecule has 1 N–H and O–H groups in total. The number of rotatable bonds is 6. The number of nitrogens with one attached hydrogen (secondary N) is 1. The molecule has 1 aliphatic heterocycles. The molecule has 0 bridgehead atoms. The first kappa shape index (κ1) is 19.4. The van der Waals surface area contributed by atoms with Gasteiger partial charge in [-0.2, -0.15) is 5.10 Å². The molecule has 1 aliphatic rings. The van der Waals surface area contributed by atoms with Gasteiger partial charge in [-0.25, -0.2) is 4.68 Å². The van der Waals surface area contributed by atoms with Crippen LogP contribution in [0.5, 0.6) is 0 Å². The molecule has 29 heavy (non-hydrogen) atoms. The summed E-state index contributed by atoms with van der Waals surface area (Å²) in [6.45, 7) is 2.07. The number of piperidine rings is 1. The summed E-state index contributed by atoms with van der Waals surface area (Å²) < 4.78 is 1.48. The van der Waals surface area contributed by atoms with E-state index < -0.39 is 0 Å². The summed E-state index contributed by atoms with van der Waals surface area (Å²) in [5.41, 5.74) is 1.80. The van der Waals surface area contributed by atoms with E-state index >= 15 is 0 Å². The van der Waals surface area contributed by atoms with Crippen molar-refractivity contribution in [1.82, 2.24) is 15.1 Å². The third kappa shape index (κ3) is 5.12. The highest BCUT2D eigenvalue weighted by atomic mass is 32.1. The normalized spacial score (nSPS) is 14.7. The van der Waals surface area contributed by atoms with Gasteiger partial charge in [0.15, 0.2) is 0 Å². The van der Waals surface area contributed by atoms with Crippen molar-refractivity contribution >= 4 is 22.9 Å². The Balaban J connectivity index is 1.31. The zero-order valence-corrected chi connectivity index (χ0v) is 17.0. The van der Waals surface area contributed by atoms with Gasteiger partial charge in [-0.3, -0.25) is 9.59 Å². The summed E-state index contributed by atoms with van der Waals surface area (Å²) in [5, 5.41) is 9.48. The molecule has 3 heterocycles. The number of benzene rings is 1. The van der Waals surface area contributed by atoms with Gasteiger partial charge in [-0.1, -0.05) is 36.4 Å². The molecule has 7 heteroatoms. The average molecular weight is 409 g/mol. The van der Waals surface area contributed by atoms with Crippen molar-refractivity contribution in [1.29, 1.82) is 0 Å². The molecule has 1 saturated heterocycles. The number of nitrogens with zero attached hydrogens (tertiary/aromatic N) is 3. The van der Waals surface area contributed by atoms with Gasteiger partial charge in [-0.05, 0) is 29.9 Å². The lowest BCUT2D eigenvalue weighted by Gasteiger charge is -2.33. The van der Waals surface area contributed by atoms with E-state index in [0.29, 0.717) is 13.0 Å². The van der Waals surface area contributed by atoms with Crippen LogP contribution in [0.2, 0.25) is 0 Å². The molecule has 1 fully saturated rings. The van der Waals surface area contributed by atoms with E-state index in [1.165, 1.54) is 4.68 Å². The second kappa shape index (κ2) is 9.05. The predicted octanol–water partition coefficient (Wildman–Crippen LogP) is 2.68. The molecule has 0 aliphatic carbocycles. The van der Waals surface area contributed by atoms with Crippen molar-refractivity contribution in [2.24, 2.45) is 0 Å². The van der Waals surface area contributed by atoms with E-state index in [4.69, 9.17) is 0 Å². The van der Waals surface area contributed by atoms with E-state index in [0.717, 1.165) is 42.1 Å². The van der Waals surface area contributed by atoms with Crippen LogP contribution in [0.15, 0.2) is 64.9 Å². The average Bonchev–Trinajstić information content (AvgIpc) is 3.24. The fourth-order valence-electron chi connectivity index (χ4n) is 3.60. The Hall–Kier alpha value is -2.93. The molecule has 1 amide bonds. The highest BCUT2D eigenvalue weighted by Crippen LogP contribution is 2.18. The van der Waals surface area contributed by atoms with Crippen LogP contribution < -0.4 is 15.8 Å². The van der Waals surface area contributed by atoms with Gasteiger partial charge in [0, 0.05) is 30.1 Å². The Kier molecular flexibility index (Phi) is 6.05. The van der Waals surface area contributed by atoms with Gasteiger partial charge in [0.25, 0.3) is 5.56 Å². The van der Waals surface area contributed by atoms with Gasteiger partial charge < -0.3 is 10.2 Å². The highest BCUT2D eigenvalue weighted by Gasteiger charge is 2.21. The lowest BCUT2D eigenvalue weighted by Crippen LogP contribution is -2.45.